The fourth-order valence-electron chi connectivity index (χ4n) is 2.93. The first-order valence-electron chi connectivity index (χ1n) is 9.01. The summed E-state index contributed by atoms with van der Waals surface area (Å²) in [5, 5.41) is 5.10. The Morgan fingerprint density at radius 3 is 2.68 bits per heavy atom. The fraction of sp³-hybridized carbons (Fsp3) is 0.143. The van der Waals surface area contributed by atoms with Crippen LogP contribution in [-0.4, -0.2) is 29.1 Å². The fourth-order valence-corrected chi connectivity index (χ4v) is 4.71. The van der Waals surface area contributed by atoms with Crippen LogP contribution >= 0.6 is 35.3 Å². The number of nitrogens with zero attached hydrogens (tertiary/aromatic N) is 2. The highest BCUT2D eigenvalue weighted by molar-refractivity contribution is 8.00. The predicted molar refractivity (Wildman–Crippen MR) is 122 cm³/mol. The highest BCUT2D eigenvalue weighted by Crippen LogP contribution is 2.24. The summed E-state index contributed by atoms with van der Waals surface area (Å²) in [6.07, 6.45) is 1.94. The van der Waals surface area contributed by atoms with Crippen molar-refractivity contribution in [2.45, 2.75) is 10.9 Å². The molecule has 4 aromatic rings. The number of aromatic nitrogens is 2. The minimum absolute atomic E-state index is 0.0662. The van der Waals surface area contributed by atoms with E-state index in [-0.39, 0.29) is 6.61 Å². The Hall–Kier alpha value is -2.95. The molecule has 4 rings (SSSR count). The van der Waals surface area contributed by atoms with Crippen LogP contribution in [0.5, 0.6) is 5.75 Å². The van der Waals surface area contributed by atoms with E-state index >= 15 is 0 Å². The van der Waals surface area contributed by atoms with E-state index in [1.807, 2.05) is 6.26 Å². The van der Waals surface area contributed by atoms with Crippen molar-refractivity contribution in [3.05, 3.63) is 74.0 Å². The molecule has 0 aliphatic heterocycles. The molecule has 2 aromatic carbocycles. The molecule has 0 radical (unpaired) electrons. The Balaban J connectivity index is 1.52. The molecule has 10 heteroatoms. The maximum Gasteiger partial charge on any atom is 0.338 e. The molecule has 0 aliphatic rings. The average Bonchev–Trinajstić information content (AvgIpc) is 3.17. The number of methoxy groups -OCH3 is 1. The number of thioether (sulfide) groups is 1. The van der Waals surface area contributed by atoms with Crippen LogP contribution in [-0.2, 0) is 11.3 Å². The number of hydrogen-bond donors (Lipinski definition) is 0. The SMILES string of the molecule is COc1ccc2c(COC(=O)c3ccc(-n4nc(SC)sc4=S)cc3)cc(=O)oc2c1. The van der Waals surface area contributed by atoms with Crippen molar-refractivity contribution < 1.29 is 18.7 Å². The van der Waals surface area contributed by atoms with Crippen LogP contribution in [0.4, 0.5) is 0 Å². The summed E-state index contributed by atoms with van der Waals surface area (Å²) in [7, 11) is 1.53. The Kier molecular flexibility index (Phi) is 6.21. The largest absolute Gasteiger partial charge is 0.497 e. The number of fused-ring (bicyclic) bond motifs is 1. The molecule has 0 atom stereocenters. The summed E-state index contributed by atoms with van der Waals surface area (Å²) in [6.45, 7) is -0.0662. The van der Waals surface area contributed by atoms with E-state index in [0.29, 0.717) is 31.8 Å². The standard InChI is InChI=1S/C21H16N2O5S3/c1-26-15-7-8-16-13(9-18(24)28-17(16)10-15)11-27-19(25)12-3-5-14(6-4-12)23-21(29)31-20(22-23)30-2/h3-10H,11H2,1-2H3. The lowest BCUT2D eigenvalue weighted by molar-refractivity contribution is 0.0474. The lowest BCUT2D eigenvalue weighted by atomic mass is 10.1. The summed E-state index contributed by atoms with van der Waals surface area (Å²) in [4.78, 5) is 24.4. The molecule has 7 nitrogen and oxygen atoms in total. The van der Waals surface area contributed by atoms with Gasteiger partial charge in [0.2, 0.25) is 0 Å². The molecule has 0 N–H and O–H groups in total. The molecule has 2 aromatic heterocycles. The van der Waals surface area contributed by atoms with Crippen LogP contribution in [0.2, 0.25) is 0 Å². The van der Waals surface area contributed by atoms with Gasteiger partial charge in [-0.1, -0.05) is 23.1 Å². The highest BCUT2D eigenvalue weighted by atomic mass is 32.2. The van der Waals surface area contributed by atoms with Gasteiger partial charge in [0.1, 0.15) is 17.9 Å². The van der Waals surface area contributed by atoms with E-state index in [0.717, 1.165) is 10.0 Å². The monoisotopic (exact) mass is 472 g/mol. The van der Waals surface area contributed by atoms with Gasteiger partial charge in [-0.3, -0.25) is 0 Å². The maximum absolute atomic E-state index is 12.5. The van der Waals surface area contributed by atoms with Crippen LogP contribution in [0.15, 0.2) is 62.1 Å². The van der Waals surface area contributed by atoms with E-state index in [4.69, 9.17) is 26.1 Å². The first-order chi connectivity index (χ1) is 15.0. The van der Waals surface area contributed by atoms with Crippen LogP contribution < -0.4 is 10.4 Å². The van der Waals surface area contributed by atoms with Gasteiger partial charge in [0.05, 0.1) is 18.4 Å². The molecule has 158 valence electrons. The molecule has 0 unspecified atom stereocenters. The second-order valence-corrected chi connectivity index (χ2v) is 9.00. The number of hydrogen-bond acceptors (Lipinski definition) is 9. The van der Waals surface area contributed by atoms with Crippen LogP contribution in [0.1, 0.15) is 15.9 Å². The lowest BCUT2D eigenvalue weighted by Gasteiger charge is -2.09. The first kappa shape index (κ1) is 21.3. The molecule has 0 bridgehead atoms. The smallest absolute Gasteiger partial charge is 0.338 e. The third-order valence-corrected chi connectivity index (χ3v) is 6.66. The molecule has 0 spiro atoms. The van der Waals surface area contributed by atoms with Gasteiger partial charge in [-0.15, -0.1) is 5.10 Å². The zero-order chi connectivity index (χ0) is 22.0. The van der Waals surface area contributed by atoms with Crippen LogP contribution in [0.3, 0.4) is 0 Å². The summed E-state index contributed by atoms with van der Waals surface area (Å²) in [6, 6.07) is 13.3. The van der Waals surface area contributed by atoms with Crippen LogP contribution in [0, 0.1) is 3.95 Å². The van der Waals surface area contributed by atoms with Gasteiger partial charge in [-0.05, 0) is 54.9 Å². The van der Waals surface area contributed by atoms with E-state index in [9.17, 15) is 9.59 Å². The topological polar surface area (TPSA) is 83.6 Å². The van der Waals surface area contributed by atoms with E-state index in [2.05, 4.69) is 5.10 Å². The normalized spacial score (nSPS) is 10.9. The summed E-state index contributed by atoms with van der Waals surface area (Å²) in [5.41, 5.74) is 1.54. The van der Waals surface area contributed by atoms with Gasteiger partial charge in [0.15, 0.2) is 8.29 Å². The van der Waals surface area contributed by atoms with Crippen molar-refractivity contribution >= 4 is 52.3 Å². The quantitative estimate of drug-likeness (QED) is 0.170. The van der Waals surface area contributed by atoms with Gasteiger partial charge in [0, 0.05) is 23.1 Å². The number of carbonyl (C=O) groups is 1. The second kappa shape index (κ2) is 9.04. The maximum atomic E-state index is 12.5. The van der Waals surface area contributed by atoms with Crippen molar-refractivity contribution in [3.8, 4) is 11.4 Å². The van der Waals surface area contributed by atoms with Gasteiger partial charge < -0.3 is 13.9 Å². The molecule has 0 saturated heterocycles. The highest BCUT2D eigenvalue weighted by Gasteiger charge is 2.12. The number of rotatable bonds is 6. The Bertz CT molecular complexity index is 1370. The first-order valence-corrected chi connectivity index (χ1v) is 11.5. The second-order valence-electron chi connectivity index (χ2n) is 6.33. The van der Waals surface area contributed by atoms with Crippen molar-refractivity contribution in [2.75, 3.05) is 13.4 Å². The third-order valence-electron chi connectivity index (χ3n) is 4.45. The summed E-state index contributed by atoms with van der Waals surface area (Å²) >= 11 is 8.29. The number of carbonyl (C=O) groups excluding carboxylic acids is 1. The summed E-state index contributed by atoms with van der Waals surface area (Å²) < 4.78 is 19.0. The van der Waals surface area contributed by atoms with Crippen molar-refractivity contribution in [1.29, 1.82) is 0 Å². The van der Waals surface area contributed by atoms with Gasteiger partial charge in [0.25, 0.3) is 0 Å². The lowest BCUT2D eigenvalue weighted by Crippen LogP contribution is -2.08. The molecular formula is C21H16N2O5S3. The van der Waals surface area contributed by atoms with Crippen LogP contribution in [0.25, 0.3) is 16.7 Å². The Morgan fingerprint density at radius 2 is 2.00 bits per heavy atom. The minimum atomic E-state index is -0.527. The van der Waals surface area contributed by atoms with Crippen molar-refractivity contribution in [3.63, 3.8) is 0 Å². The average molecular weight is 473 g/mol. The van der Waals surface area contributed by atoms with Crippen molar-refractivity contribution in [1.82, 2.24) is 9.78 Å². The summed E-state index contributed by atoms with van der Waals surface area (Å²) in [5.74, 6) is 0.0582. The molecular weight excluding hydrogens is 456 g/mol. The number of ether oxygens (including phenoxy) is 2. The van der Waals surface area contributed by atoms with E-state index in [1.165, 1.54) is 36.3 Å². The van der Waals surface area contributed by atoms with Crippen molar-refractivity contribution in [2.24, 2.45) is 0 Å². The number of esters is 1. The zero-order valence-electron chi connectivity index (χ0n) is 16.5. The molecule has 0 saturated carbocycles. The van der Waals surface area contributed by atoms with Gasteiger partial charge in [-0.25, -0.2) is 14.3 Å². The van der Waals surface area contributed by atoms with Gasteiger partial charge in [-0.2, -0.15) is 0 Å². The van der Waals surface area contributed by atoms with E-state index < -0.39 is 11.6 Å². The zero-order valence-corrected chi connectivity index (χ0v) is 18.9. The van der Waals surface area contributed by atoms with E-state index in [1.54, 1.807) is 47.1 Å². The Labute approximate surface area is 190 Å². The predicted octanol–water partition coefficient (Wildman–Crippen LogP) is 4.86. The molecule has 0 fully saturated rings. The number of benzene rings is 2. The molecule has 0 amide bonds. The minimum Gasteiger partial charge on any atom is -0.497 e. The molecule has 2 heterocycles. The molecule has 31 heavy (non-hydrogen) atoms. The Morgan fingerprint density at radius 1 is 1.23 bits per heavy atom. The van der Waals surface area contributed by atoms with Gasteiger partial charge >= 0.3 is 11.6 Å². The molecule has 0 aliphatic carbocycles. The third kappa shape index (κ3) is 4.55.